The van der Waals surface area contributed by atoms with Crippen molar-refractivity contribution >= 4 is 0 Å². The van der Waals surface area contributed by atoms with Gasteiger partial charge in [0, 0.05) is 32.8 Å². The van der Waals surface area contributed by atoms with Crippen molar-refractivity contribution in [2.75, 3.05) is 40.5 Å². The fourth-order valence-electron chi connectivity index (χ4n) is 2.91. The lowest BCUT2D eigenvalue weighted by atomic mass is 9.78. The van der Waals surface area contributed by atoms with Crippen molar-refractivity contribution in [3.05, 3.63) is 11.7 Å². The number of piperidine rings is 1. The Hall–Kier alpha value is -1.02. The number of aromatic nitrogens is 2. The second-order valence-corrected chi connectivity index (χ2v) is 5.75. The molecule has 1 aliphatic heterocycles. The fourth-order valence-corrected chi connectivity index (χ4v) is 2.91. The van der Waals surface area contributed by atoms with E-state index in [1.807, 2.05) is 0 Å². The second-order valence-electron chi connectivity index (χ2n) is 5.75. The second kappa shape index (κ2) is 7.84. The highest BCUT2D eigenvalue weighted by Crippen LogP contribution is 2.33. The standard InChI is InChI=1S/C14H25N3O4/c1-19-7-5-14(11-18)4-3-6-17(10-14)8-13-15-12(9-20-2)16-21-13/h18H,3-11H2,1-2H3/t14-/m0/s1. The van der Waals surface area contributed by atoms with Gasteiger partial charge >= 0.3 is 0 Å². The first kappa shape index (κ1) is 16.4. The number of hydrogen-bond acceptors (Lipinski definition) is 7. The Morgan fingerprint density at radius 1 is 1.38 bits per heavy atom. The van der Waals surface area contributed by atoms with E-state index >= 15 is 0 Å². The predicted molar refractivity (Wildman–Crippen MR) is 75.5 cm³/mol. The van der Waals surface area contributed by atoms with Gasteiger partial charge in [0.1, 0.15) is 6.61 Å². The highest BCUT2D eigenvalue weighted by molar-refractivity contribution is 4.90. The fraction of sp³-hybridized carbons (Fsp3) is 0.857. The van der Waals surface area contributed by atoms with Crippen molar-refractivity contribution in [1.29, 1.82) is 0 Å². The first-order valence-electron chi connectivity index (χ1n) is 7.34. The van der Waals surface area contributed by atoms with Crippen LogP contribution in [-0.4, -0.2) is 60.7 Å². The average Bonchev–Trinajstić information content (AvgIpc) is 2.93. The van der Waals surface area contributed by atoms with Crippen LogP contribution < -0.4 is 0 Å². The summed E-state index contributed by atoms with van der Waals surface area (Å²) in [6, 6.07) is 0. The van der Waals surface area contributed by atoms with E-state index in [4.69, 9.17) is 14.0 Å². The van der Waals surface area contributed by atoms with E-state index in [1.54, 1.807) is 14.2 Å². The molecule has 1 atom stereocenters. The summed E-state index contributed by atoms with van der Waals surface area (Å²) < 4.78 is 15.4. The van der Waals surface area contributed by atoms with Crippen LogP contribution in [0.2, 0.25) is 0 Å². The highest BCUT2D eigenvalue weighted by atomic mass is 16.5. The Balaban J connectivity index is 1.93. The first-order valence-corrected chi connectivity index (χ1v) is 7.34. The maximum absolute atomic E-state index is 9.78. The molecule has 1 fully saturated rings. The summed E-state index contributed by atoms with van der Waals surface area (Å²) in [5.74, 6) is 1.17. The van der Waals surface area contributed by atoms with E-state index in [-0.39, 0.29) is 12.0 Å². The van der Waals surface area contributed by atoms with Crippen molar-refractivity contribution < 1.29 is 19.1 Å². The van der Waals surface area contributed by atoms with Gasteiger partial charge in [-0.25, -0.2) is 0 Å². The number of likely N-dealkylation sites (tertiary alicyclic amines) is 1. The molecule has 1 aliphatic rings. The maximum Gasteiger partial charge on any atom is 0.240 e. The lowest BCUT2D eigenvalue weighted by Crippen LogP contribution is -2.45. The van der Waals surface area contributed by atoms with Gasteiger partial charge in [0.05, 0.1) is 13.2 Å². The number of aliphatic hydroxyl groups is 1. The molecule has 2 heterocycles. The Labute approximate surface area is 125 Å². The molecule has 0 radical (unpaired) electrons. The molecule has 2 rings (SSSR count). The number of nitrogens with zero attached hydrogens (tertiary/aromatic N) is 3. The van der Waals surface area contributed by atoms with Gasteiger partial charge in [-0.1, -0.05) is 5.16 Å². The molecule has 0 spiro atoms. The van der Waals surface area contributed by atoms with Gasteiger partial charge in [-0.05, 0) is 25.8 Å². The third-order valence-electron chi connectivity index (χ3n) is 4.05. The van der Waals surface area contributed by atoms with Crippen LogP contribution in [0.25, 0.3) is 0 Å². The minimum atomic E-state index is -0.0797. The average molecular weight is 299 g/mol. The number of ether oxygens (including phenoxy) is 2. The maximum atomic E-state index is 9.78. The highest BCUT2D eigenvalue weighted by Gasteiger charge is 2.35. The summed E-state index contributed by atoms with van der Waals surface area (Å²) in [6.07, 6.45) is 2.96. The monoisotopic (exact) mass is 299 g/mol. The van der Waals surface area contributed by atoms with Crippen LogP contribution in [0.15, 0.2) is 4.52 Å². The Morgan fingerprint density at radius 3 is 2.95 bits per heavy atom. The molecule has 1 saturated heterocycles. The van der Waals surface area contributed by atoms with Crippen LogP contribution >= 0.6 is 0 Å². The molecule has 0 unspecified atom stereocenters. The molecule has 0 aliphatic carbocycles. The summed E-state index contributed by atoms with van der Waals surface area (Å²) >= 11 is 0. The lowest BCUT2D eigenvalue weighted by Gasteiger charge is -2.41. The van der Waals surface area contributed by atoms with Crippen molar-refractivity contribution in [2.24, 2.45) is 5.41 Å². The molecule has 1 aromatic rings. The SMILES string of the molecule is COCC[C@@]1(CO)CCCN(Cc2nc(COC)no2)C1. The van der Waals surface area contributed by atoms with Crippen LogP contribution in [0.3, 0.4) is 0 Å². The van der Waals surface area contributed by atoms with Crippen LogP contribution in [0.5, 0.6) is 0 Å². The minimum Gasteiger partial charge on any atom is -0.396 e. The summed E-state index contributed by atoms with van der Waals surface area (Å²) in [5, 5.41) is 13.6. The van der Waals surface area contributed by atoms with Gasteiger partial charge in [-0.2, -0.15) is 4.98 Å². The van der Waals surface area contributed by atoms with Crippen molar-refractivity contribution in [3.8, 4) is 0 Å². The Morgan fingerprint density at radius 2 is 2.24 bits per heavy atom. The molecule has 120 valence electrons. The van der Waals surface area contributed by atoms with Gasteiger partial charge in [-0.3, -0.25) is 4.90 Å². The van der Waals surface area contributed by atoms with Gasteiger partial charge in [0.15, 0.2) is 5.82 Å². The first-order chi connectivity index (χ1) is 10.2. The molecule has 0 bridgehead atoms. The Kier molecular flexibility index (Phi) is 6.10. The quantitative estimate of drug-likeness (QED) is 0.761. The molecule has 0 amide bonds. The number of methoxy groups -OCH3 is 2. The number of hydrogen-bond donors (Lipinski definition) is 1. The van der Waals surface area contributed by atoms with Gasteiger partial charge in [0.25, 0.3) is 0 Å². The molecule has 1 aromatic heterocycles. The zero-order valence-electron chi connectivity index (χ0n) is 12.9. The predicted octanol–water partition coefficient (Wildman–Crippen LogP) is 0.827. The van der Waals surface area contributed by atoms with Gasteiger partial charge < -0.3 is 19.1 Å². The molecular weight excluding hydrogens is 274 g/mol. The minimum absolute atomic E-state index is 0.0797. The van der Waals surface area contributed by atoms with Crippen LogP contribution in [-0.2, 0) is 22.6 Å². The van der Waals surface area contributed by atoms with Crippen molar-refractivity contribution in [3.63, 3.8) is 0 Å². The third-order valence-corrected chi connectivity index (χ3v) is 4.05. The molecule has 1 N–H and O–H groups in total. The summed E-state index contributed by atoms with van der Waals surface area (Å²) in [4.78, 5) is 6.56. The Bertz CT molecular complexity index is 426. The molecule has 7 nitrogen and oxygen atoms in total. The summed E-state index contributed by atoms with van der Waals surface area (Å²) in [5.41, 5.74) is -0.0797. The molecule has 0 aromatic carbocycles. The van der Waals surface area contributed by atoms with Crippen LogP contribution in [0.4, 0.5) is 0 Å². The topological polar surface area (TPSA) is 80.9 Å². The molecular formula is C14H25N3O4. The van der Waals surface area contributed by atoms with Gasteiger partial charge in [-0.15, -0.1) is 0 Å². The number of rotatable bonds is 8. The number of aliphatic hydroxyl groups excluding tert-OH is 1. The van der Waals surface area contributed by atoms with E-state index in [2.05, 4.69) is 15.0 Å². The summed E-state index contributed by atoms with van der Waals surface area (Å²) in [6.45, 7) is 3.65. The normalized spacial score (nSPS) is 23.6. The zero-order chi connectivity index (χ0) is 15.1. The largest absolute Gasteiger partial charge is 0.396 e. The van der Waals surface area contributed by atoms with Crippen molar-refractivity contribution in [2.45, 2.75) is 32.4 Å². The zero-order valence-corrected chi connectivity index (χ0v) is 12.9. The lowest BCUT2D eigenvalue weighted by molar-refractivity contribution is 0.00175. The van der Waals surface area contributed by atoms with E-state index in [0.29, 0.717) is 31.5 Å². The molecule has 21 heavy (non-hydrogen) atoms. The third kappa shape index (κ3) is 4.47. The molecule has 7 heteroatoms. The smallest absolute Gasteiger partial charge is 0.240 e. The van der Waals surface area contributed by atoms with E-state index < -0.39 is 0 Å². The van der Waals surface area contributed by atoms with E-state index in [0.717, 1.165) is 32.4 Å². The van der Waals surface area contributed by atoms with Crippen LogP contribution in [0.1, 0.15) is 31.0 Å². The van der Waals surface area contributed by atoms with E-state index in [9.17, 15) is 5.11 Å². The summed E-state index contributed by atoms with van der Waals surface area (Å²) in [7, 11) is 3.30. The molecule has 0 saturated carbocycles. The van der Waals surface area contributed by atoms with E-state index in [1.165, 1.54) is 0 Å². The van der Waals surface area contributed by atoms with Gasteiger partial charge in [0.2, 0.25) is 5.89 Å². The van der Waals surface area contributed by atoms with Crippen LogP contribution in [0, 0.1) is 5.41 Å². The van der Waals surface area contributed by atoms with Crippen molar-refractivity contribution in [1.82, 2.24) is 15.0 Å².